The number of rotatable bonds is 3. The summed E-state index contributed by atoms with van der Waals surface area (Å²) in [5, 5.41) is 10.6. The molecule has 1 heterocycles. The maximum atomic E-state index is 13.8. The van der Waals surface area contributed by atoms with Gasteiger partial charge in [-0.15, -0.1) is 0 Å². The van der Waals surface area contributed by atoms with Gasteiger partial charge in [0.05, 0.1) is 11.7 Å². The normalized spacial score (nSPS) is 20.9. The van der Waals surface area contributed by atoms with Gasteiger partial charge in [-0.05, 0) is 33.0 Å². The van der Waals surface area contributed by atoms with Crippen molar-refractivity contribution < 1.29 is 9.50 Å². The van der Waals surface area contributed by atoms with E-state index < -0.39 is 11.9 Å². The van der Waals surface area contributed by atoms with E-state index in [0.717, 1.165) is 25.7 Å². The Kier molecular flexibility index (Phi) is 3.97. The first-order chi connectivity index (χ1) is 8.58. The molecule has 1 aliphatic carbocycles. The molecule has 1 atom stereocenters. The fraction of sp³-hybridized carbons (Fsp3) is 0.643. The standard InChI is InChI=1S/C14H21FN2O/c1-17(2)14(7-4-3-5-8-14)13(18)11-6-9-16-10-12(11)15/h6,9-10,13,18H,3-5,7-8H2,1-2H3. The Morgan fingerprint density at radius 3 is 2.56 bits per heavy atom. The van der Waals surface area contributed by atoms with Gasteiger partial charge >= 0.3 is 0 Å². The van der Waals surface area contributed by atoms with E-state index in [-0.39, 0.29) is 5.54 Å². The third kappa shape index (κ3) is 2.27. The van der Waals surface area contributed by atoms with Crippen molar-refractivity contribution in [3.63, 3.8) is 0 Å². The highest BCUT2D eigenvalue weighted by molar-refractivity contribution is 5.21. The fourth-order valence-corrected chi connectivity index (χ4v) is 3.03. The highest BCUT2D eigenvalue weighted by Gasteiger charge is 2.42. The van der Waals surface area contributed by atoms with E-state index in [1.165, 1.54) is 18.8 Å². The van der Waals surface area contributed by atoms with Crippen molar-refractivity contribution in [2.75, 3.05) is 14.1 Å². The van der Waals surface area contributed by atoms with Crippen LogP contribution in [0.15, 0.2) is 18.5 Å². The first-order valence-corrected chi connectivity index (χ1v) is 6.53. The molecule has 0 spiro atoms. The molecule has 1 aliphatic rings. The molecule has 1 saturated carbocycles. The van der Waals surface area contributed by atoms with E-state index in [0.29, 0.717) is 5.56 Å². The lowest BCUT2D eigenvalue weighted by molar-refractivity contribution is -0.0353. The lowest BCUT2D eigenvalue weighted by Gasteiger charge is -2.46. The Bertz CT molecular complexity index is 403. The van der Waals surface area contributed by atoms with Crippen molar-refractivity contribution in [2.24, 2.45) is 0 Å². The van der Waals surface area contributed by atoms with Gasteiger partial charge in [-0.25, -0.2) is 4.39 Å². The molecule has 3 nitrogen and oxygen atoms in total. The van der Waals surface area contributed by atoms with Crippen LogP contribution in [0.5, 0.6) is 0 Å². The number of hydrogen-bond donors (Lipinski definition) is 1. The summed E-state index contributed by atoms with van der Waals surface area (Å²) in [6.45, 7) is 0. The number of hydrogen-bond acceptors (Lipinski definition) is 3. The molecule has 0 radical (unpaired) electrons. The minimum atomic E-state index is -0.796. The number of aliphatic hydroxyl groups is 1. The highest BCUT2D eigenvalue weighted by Crippen LogP contribution is 2.42. The zero-order valence-electron chi connectivity index (χ0n) is 11.1. The van der Waals surface area contributed by atoms with Crippen molar-refractivity contribution in [1.29, 1.82) is 0 Å². The van der Waals surface area contributed by atoms with Crippen LogP contribution in [0.25, 0.3) is 0 Å². The summed E-state index contributed by atoms with van der Waals surface area (Å²) < 4.78 is 13.8. The molecule has 100 valence electrons. The molecule has 1 aromatic rings. The second kappa shape index (κ2) is 5.33. The smallest absolute Gasteiger partial charge is 0.147 e. The Morgan fingerprint density at radius 2 is 2.00 bits per heavy atom. The van der Waals surface area contributed by atoms with Crippen LogP contribution in [0.3, 0.4) is 0 Å². The van der Waals surface area contributed by atoms with E-state index in [1.807, 2.05) is 14.1 Å². The number of aliphatic hydroxyl groups excluding tert-OH is 1. The maximum Gasteiger partial charge on any atom is 0.147 e. The topological polar surface area (TPSA) is 36.4 Å². The number of nitrogens with zero attached hydrogens (tertiary/aromatic N) is 2. The predicted molar refractivity (Wildman–Crippen MR) is 68.7 cm³/mol. The first kappa shape index (κ1) is 13.4. The molecular weight excluding hydrogens is 231 g/mol. The van der Waals surface area contributed by atoms with E-state index in [1.54, 1.807) is 6.07 Å². The zero-order chi connectivity index (χ0) is 13.2. The van der Waals surface area contributed by atoms with Crippen molar-refractivity contribution in [2.45, 2.75) is 43.7 Å². The number of pyridine rings is 1. The average Bonchev–Trinajstić information content (AvgIpc) is 2.39. The van der Waals surface area contributed by atoms with Crippen LogP contribution >= 0.6 is 0 Å². The monoisotopic (exact) mass is 252 g/mol. The molecule has 0 saturated heterocycles. The van der Waals surface area contributed by atoms with Crippen LogP contribution in [0.2, 0.25) is 0 Å². The van der Waals surface area contributed by atoms with Gasteiger partial charge in [0.25, 0.3) is 0 Å². The molecule has 0 amide bonds. The summed E-state index contributed by atoms with van der Waals surface area (Å²) in [5.74, 6) is -0.420. The van der Waals surface area contributed by atoms with Crippen LogP contribution in [0, 0.1) is 5.82 Å². The summed E-state index contributed by atoms with van der Waals surface area (Å²) >= 11 is 0. The SMILES string of the molecule is CN(C)C1(C(O)c2ccncc2F)CCCCC1. The van der Waals surface area contributed by atoms with Gasteiger partial charge in [0.2, 0.25) is 0 Å². The molecule has 18 heavy (non-hydrogen) atoms. The lowest BCUT2D eigenvalue weighted by atomic mass is 9.74. The summed E-state index contributed by atoms with van der Waals surface area (Å²) in [6.07, 6.45) is 7.09. The first-order valence-electron chi connectivity index (χ1n) is 6.53. The molecule has 2 rings (SSSR count). The average molecular weight is 252 g/mol. The molecule has 1 fully saturated rings. The lowest BCUT2D eigenvalue weighted by Crippen LogP contribution is -2.50. The van der Waals surface area contributed by atoms with Crippen LogP contribution < -0.4 is 0 Å². The van der Waals surface area contributed by atoms with Crippen LogP contribution in [0.4, 0.5) is 4.39 Å². The second-order valence-corrected chi connectivity index (χ2v) is 5.36. The maximum absolute atomic E-state index is 13.8. The van der Waals surface area contributed by atoms with Gasteiger partial charge in [0, 0.05) is 11.8 Å². The minimum absolute atomic E-state index is 0.347. The van der Waals surface area contributed by atoms with E-state index in [4.69, 9.17) is 0 Å². The van der Waals surface area contributed by atoms with Gasteiger partial charge in [-0.2, -0.15) is 0 Å². The van der Waals surface area contributed by atoms with E-state index in [2.05, 4.69) is 9.88 Å². The third-order valence-corrected chi connectivity index (χ3v) is 4.22. The molecule has 4 heteroatoms. The largest absolute Gasteiger partial charge is 0.386 e. The van der Waals surface area contributed by atoms with E-state index in [9.17, 15) is 9.50 Å². The van der Waals surface area contributed by atoms with Crippen molar-refractivity contribution in [3.05, 3.63) is 29.8 Å². The van der Waals surface area contributed by atoms with Crippen molar-refractivity contribution in [3.8, 4) is 0 Å². The van der Waals surface area contributed by atoms with Gasteiger partial charge in [0.1, 0.15) is 11.9 Å². The van der Waals surface area contributed by atoms with Gasteiger partial charge in [-0.3, -0.25) is 4.98 Å². The van der Waals surface area contributed by atoms with Crippen LogP contribution in [0.1, 0.15) is 43.8 Å². The highest BCUT2D eigenvalue weighted by atomic mass is 19.1. The van der Waals surface area contributed by atoms with E-state index >= 15 is 0 Å². The van der Waals surface area contributed by atoms with Gasteiger partial charge in [-0.1, -0.05) is 19.3 Å². The quantitative estimate of drug-likeness (QED) is 0.898. The van der Waals surface area contributed by atoms with Crippen LogP contribution in [-0.4, -0.2) is 34.6 Å². The fourth-order valence-electron chi connectivity index (χ4n) is 3.03. The summed E-state index contributed by atoms with van der Waals surface area (Å²) in [4.78, 5) is 5.79. The second-order valence-electron chi connectivity index (χ2n) is 5.36. The predicted octanol–water partition coefficient (Wildman–Crippen LogP) is 2.52. The van der Waals surface area contributed by atoms with Crippen molar-refractivity contribution in [1.82, 2.24) is 9.88 Å². The molecule has 1 aromatic heterocycles. The third-order valence-electron chi connectivity index (χ3n) is 4.22. The summed E-state index contributed by atoms with van der Waals surface area (Å²) in [6, 6.07) is 1.58. The number of halogens is 1. The van der Waals surface area contributed by atoms with Crippen molar-refractivity contribution >= 4 is 0 Å². The minimum Gasteiger partial charge on any atom is -0.386 e. The molecule has 1 unspecified atom stereocenters. The summed E-state index contributed by atoms with van der Waals surface area (Å²) in [5.41, 5.74) is 0.0149. The molecule has 0 aromatic carbocycles. The van der Waals surface area contributed by atoms with Crippen LogP contribution in [-0.2, 0) is 0 Å². The molecular formula is C14H21FN2O. The Morgan fingerprint density at radius 1 is 1.33 bits per heavy atom. The Hall–Kier alpha value is -1.00. The Labute approximate surface area is 108 Å². The molecule has 1 N–H and O–H groups in total. The zero-order valence-corrected chi connectivity index (χ0v) is 11.1. The number of aromatic nitrogens is 1. The van der Waals surface area contributed by atoms with Gasteiger partial charge in [0.15, 0.2) is 0 Å². The Balaban J connectivity index is 2.34. The summed E-state index contributed by atoms with van der Waals surface area (Å²) in [7, 11) is 3.93. The number of likely N-dealkylation sites (N-methyl/N-ethyl adjacent to an activating group) is 1. The molecule has 0 aliphatic heterocycles. The molecule has 0 bridgehead atoms. The van der Waals surface area contributed by atoms with Gasteiger partial charge < -0.3 is 10.0 Å².